The molecule has 1 aliphatic rings. The molecule has 1 unspecified atom stereocenters. The topological polar surface area (TPSA) is 170 Å². The lowest BCUT2D eigenvalue weighted by Crippen LogP contribution is -2.55. The third kappa shape index (κ3) is 13.7. The van der Waals surface area contributed by atoms with E-state index in [1.54, 1.807) is 27.0 Å². The Morgan fingerprint density at radius 2 is 1.67 bits per heavy atom. The Bertz CT molecular complexity index is 1450. The van der Waals surface area contributed by atoms with E-state index < -0.39 is 56.4 Å². The summed E-state index contributed by atoms with van der Waals surface area (Å²) in [6, 6.07) is 7.52. The van der Waals surface area contributed by atoms with Crippen LogP contribution in [-0.4, -0.2) is 76.4 Å². The number of imidazole rings is 1. The number of sulfone groups is 1. The lowest BCUT2D eigenvalue weighted by Gasteiger charge is -2.33. The first kappa shape index (κ1) is 42.2. The summed E-state index contributed by atoms with van der Waals surface area (Å²) in [5, 5.41) is 20.7. The highest BCUT2D eigenvalue weighted by Gasteiger charge is 2.37. The van der Waals surface area contributed by atoms with Crippen LogP contribution >= 0.6 is 0 Å². The van der Waals surface area contributed by atoms with E-state index in [1.807, 2.05) is 44.2 Å². The molecule has 1 aliphatic carbocycles. The van der Waals surface area contributed by atoms with E-state index in [0.717, 1.165) is 50.5 Å². The number of amides is 3. The van der Waals surface area contributed by atoms with E-state index >= 15 is 0 Å². The second kappa shape index (κ2) is 20.1. The van der Waals surface area contributed by atoms with Gasteiger partial charge in [0.2, 0.25) is 17.7 Å². The van der Waals surface area contributed by atoms with E-state index in [-0.39, 0.29) is 36.8 Å². The average Bonchev–Trinajstić information content (AvgIpc) is 3.59. The molecule has 286 valence electrons. The maximum atomic E-state index is 14.2. The van der Waals surface area contributed by atoms with Gasteiger partial charge in [0.25, 0.3) is 0 Å². The molecule has 11 nitrogen and oxygen atoms in total. The fourth-order valence-electron chi connectivity index (χ4n) is 6.76. The van der Waals surface area contributed by atoms with Gasteiger partial charge in [0.15, 0.2) is 9.84 Å². The number of nitrogens with zero attached hydrogens (tertiary/aromatic N) is 1. The highest BCUT2D eigenvalue weighted by molar-refractivity contribution is 7.92. The maximum absolute atomic E-state index is 14.2. The van der Waals surface area contributed by atoms with Crippen LogP contribution in [0.5, 0.6) is 0 Å². The van der Waals surface area contributed by atoms with Gasteiger partial charge in [-0.3, -0.25) is 14.4 Å². The molecule has 0 saturated heterocycles. The first-order valence-corrected chi connectivity index (χ1v) is 20.6. The van der Waals surface area contributed by atoms with Crippen LogP contribution in [0.25, 0.3) is 0 Å². The Morgan fingerprint density at radius 3 is 2.25 bits per heavy atom. The van der Waals surface area contributed by atoms with Crippen molar-refractivity contribution in [3.05, 3.63) is 54.1 Å². The standard InChI is InChI=1S/C39H63N5O6S/c1-7-8-19-41-37(47)32(27(2)3)23-35(45)33(21-29-17-13-10-14-18-29)43-38(48)34(22-31-24-40-26-42-31)44-36(46)30(20-28-15-11-9-12-16-28)25-51(49,50)39(4,5)6/h9,11-12,15-16,24,26-27,29-30,32-35,45H,7-8,10,13-14,17-23,25H2,1-6H3,(H,40,42)(H,41,47)(H,43,48)(H,44,46)/t30-,32+,33?,34+,35+/m1/s1. The predicted octanol–water partition coefficient (Wildman–Crippen LogP) is 4.90. The molecule has 2 aromatic rings. The van der Waals surface area contributed by atoms with Crippen molar-refractivity contribution in [2.45, 2.75) is 135 Å². The van der Waals surface area contributed by atoms with Crippen LogP contribution in [0.4, 0.5) is 0 Å². The normalized spacial score (nSPS) is 17.3. The van der Waals surface area contributed by atoms with E-state index in [4.69, 9.17) is 0 Å². The summed E-state index contributed by atoms with van der Waals surface area (Å²) in [5.41, 5.74) is 1.43. The molecule has 5 atom stereocenters. The van der Waals surface area contributed by atoms with E-state index in [2.05, 4.69) is 32.8 Å². The van der Waals surface area contributed by atoms with E-state index in [1.165, 1.54) is 6.33 Å². The predicted molar refractivity (Wildman–Crippen MR) is 201 cm³/mol. The quantitative estimate of drug-likeness (QED) is 0.121. The number of rotatable bonds is 20. The van der Waals surface area contributed by atoms with Crippen LogP contribution in [0, 0.1) is 23.7 Å². The molecule has 0 bridgehead atoms. The fourth-order valence-corrected chi connectivity index (χ4v) is 8.06. The van der Waals surface area contributed by atoms with Crippen molar-refractivity contribution in [1.82, 2.24) is 25.9 Å². The number of aliphatic hydroxyl groups excluding tert-OH is 1. The fraction of sp³-hybridized carbons (Fsp3) is 0.692. The van der Waals surface area contributed by atoms with Gasteiger partial charge in [0.05, 0.1) is 34.9 Å². The summed E-state index contributed by atoms with van der Waals surface area (Å²) in [6.45, 7) is 11.4. The minimum absolute atomic E-state index is 0.0225. The van der Waals surface area contributed by atoms with Crippen molar-refractivity contribution >= 4 is 27.6 Å². The zero-order chi connectivity index (χ0) is 37.6. The smallest absolute Gasteiger partial charge is 0.243 e. The lowest BCUT2D eigenvalue weighted by molar-refractivity contribution is -0.132. The van der Waals surface area contributed by atoms with Crippen LogP contribution in [0.1, 0.15) is 111 Å². The number of hydrogen-bond donors (Lipinski definition) is 5. The number of carbonyl (C=O) groups is 3. The summed E-state index contributed by atoms with van der Waals surface area (Å²) in [5.74, 6) is -2.60. The number of aromatic amines is 1. The molecular formula is C39H63N5O6S. The molecule has 0 aliphatic heterocycles. The molecule has 5 N–H and O–H groups in total. The Morgan fingerprint density at radius 1 is 0.980 bits per heavy atom. The van der Waals surface area contributed by atoms with Crippen LogP contribution in [0.15, 0.2) is 42.9 Å². The van der Waals surface area contributed by atoms with Gasteiger partial charge in [-0.1, -0.05) is 89.6 Å². The Labute approximate surface area is 305 Å². The molecule has 1 heterocycles. The van der Waals surface area contributed by atoms with Gasteiger partial charge in [-0.25, -0.2) is 13.4 Å². The van der Waals surface area contributed by atoms with E-state index in [9.17, 15) is 27.9 Å². The molecular weight excluding hydrogens is 667 g/mol. The molecule has 0 radical (unpaired) electrons. The van der Waals surface area contributed by atoms with E-state index in [0.29, 0.717) is 24.6 Å². The zero-order valence-corrected chi connectivity index (χ0v) is 32.4. The number of aromatic nitrogens is 2. The lowest BCUT2D eigenvalue weighted by atomic mass is 9.81. The number of nitrogens with one attached hydrogen (secondary N) is 4. The van der Waals surface area contributed by atoms with Crippen molar-refractivity contribution in [2.75, 3.05) is 12.3 Å². The van der Waals surface area contributed by atoms with Gasteiger partial charge in [0, 0.05) is 30.8 Å². The van der Waals surface area contributed by atoms with Crippen LogP contribution in [0.3, 0.4) is 0 Å². The number of H-pyrrole nitrogens is 1. The van der Waals surface area contributed by atoms with Crippen molar-refractivity contribution < 1.29 is 27.9 Å². The molecule has 1 saturated carbocycles. The van der Waals surface area contributed by atoms with Crippen LogP contribution < -0.4 is 16.0 Å². The Hall–Kier alpha value is -3.25. The third-order valence-corrected chi connectivity index (χ3v) is 12.9. The molecule has 51 heavy (non-hydrogen) atoms. The van der Waals surface area contributed by atoms with Crippen LogP contribution in [-0.2, 0) is 37.1 Å². The summed E-state index contributed by atoms with van der Waals surface area (Å²) < 4.78 is 25.7. The third-order valence-electron chi connectivity index (χ3n) is 10.2. The summed E-state index contributed by atoms with van der Waals surface area (Å²) >= 11 is 0. The van der Waals surface area contributed by atoms with Crippen molar-refractivity contribution in [1.29, 1.82) is 0 Å². The second-order valence-corrected chi connectivity index (χ2v) is 18.6. The monoisotopic (exact) mass is 729 g/mol. The van der Waals surface area contributed by atoms with Gasteiger partial charge >= 0.3 is 0 Å². The molecule has 0 spiro atoms. The van der Waals surface area contributed by atoms with Gasteiger partial charge in [0.1, 0.15) is 6.04 Å². The number of carbonyl (C=O) groups excluding carboxylic acids is 3. The first-order valence-electron chi connectivity index (χ1n) is 18.9. The van der Waals surface area contributed by atoms with Crippen LogP contribution in [0.2, 0.25) is 0 Å². The number of aliphatic hydroxyl groups is 1. The highest BCUT2D eigenvalue weighted by Crippen LogP contribution is 2.30. The van der Waals surface area contributed by atoms with Gasteiger partial charge in [-0.05, 0) is 63.9 Å². The van der Waals surface area contributed by atoms with Gasteiger partial charge in [-0.2, -0.15) is 0 Å². The van der Waals surface area contributed by atoms with Gasteiger partial charge < -0.3 is 26.0 Å². The average molecular weight is 730 g/mol. The second-order valence-electron chi connectivity index (χ2n) is 15.8. The summed E-state index contributed by atoms with van der Waals surface area (Å²) in [6.07, 6.45) is 10.3. The molecule has 3 rings (SSSR count). The largest absolute Gasteiger partial charge is 0.391 e. The molecule has 3 amide bonds. The molecule has 12 heteroatoms. The highest BCUT2D eigenvalue weighted by atomic mass is 32.2. The first-order chi connectivity index (χ1) is 24.1. The summed E-state index contributed by atoms with van der Waals surface area (Å²) in [4.78, 5) is 48.6. The van der Waals surface area contributed by atoms with Crippen molar-refractivity contribution in [3.8, 4) is 0 Å². The maximum Gasteiger partial charge on any atom is 0.243 e. The minimum atomic E-state index is -3.69. The Balaban J connectivity index is 1.89. The van der Waals surface area contributed by atoms with Crippen molar-refractivity contribution in [3.63, 3.8) is 0 Å². The SMILES string of the molecule is CCCCNC(=O)[C@@H](C[C@H](O)C(CC1CCCCC1)NC(=O)[C@H](Cc1cnc[nH]1)NC(=O)[C@H](Cc1ccccc1)CS(=O)(=O)C(C)(C)C)C(C)C. The zero-order valence-electron chi connectivity index (χ0n) is 31.6. The summed E-state index contributed by atoms with van der Waals surface area (Å²) in [7, 11) is -3.69. The molecule has 1 aromatic carbocycles. The minimum Gasteiger partial charge on any atom is -0.391 e. The molecule has 1 fully saturated rings. The van der Waals surface area contributed by atoms with Crippen molar-refractivity contribution in [2.24, 2.45) is 23.7 Å². The van der Waals surface area contributed by atoms with Gasteiger partial charge in [-0.15, -0.1) is 0 Å². The number of unbranched alkanes of at least 4 members (excludes halogenated alkanes) is 1. The molecule has 1 aromatic heterocycles. The number of hydrogen-bond acceptors (Lipinski definition) is 7. The number of benzene rings is 1. The Kier molecular flexibility index (Phi) is 16.6.